The molecule has 33 heavy (non-hydrogen) atoms. The number of halogens is 2. The first-order chi connectivity index (χ1) is 15.9. The van der Waals surface area contributed by atoms with E-state index in [-0.39, 0.29) is 24.7 Å². The molecule has 172 valence electrons. The quantitative estimate of drug-likeness (QED) is 0.416. The van der Waals surface area contributed by atoms with Crippen LogP contribution in [0.25, 0.3) is 0 Å². The van der Waals surface area contributed by atoms with Crippen LogP contribution < -0.4 is 5.32 Å². The number of nitrogens with zero attached hydrogens (tertiary/aromatic N) is 2. The van der Waals surface area contributed by atoms with Gasteiger partial charge in [0.1, 0.15) is 18.2 Å². The summed E-state index contributed by atoms with van der Waals surface area (Å²) < 4.78 is 27.1. The Balaban J connectivity index is 1.75. The molecule has 0 aliphatic carbocycles. The number of nitrogens with one attached hydrogen (secondary N) is 1. The molecule has 0 fully saturated rings. The Morgan fingerprint density at radius 1 is 1.03 bits per heavy atom. The van der Waals surface area contributed by atoms with Crippen molar-refractivity contribution < 1.29 is 18.4 Å². The van der Waals surface area contributed by atoms with E-state index in [2.05, 4.69) is 11.9 Å². The normalized spacial score (nSPS) is 10.5. The smallest absolute Gasteiger partial charge is 0.322 e. The Kier molecular flexibility index (Phi) is 8.32. The molecule has 1 heterocycles. The molecule has 0 saturated carbocycles. The number of hydrogen-bond donors (Lipinski definition) is 1. The summed E-state index contributed by atoms with van der Waals surface area (Å²) in [5, 5.41) is 2.40. The summed E-state index contributed by atoms with van der Waals surface area (Å²) >= 11 is 1.61. The summed E-state index contributed by atoms with van der Waals surface area (Å²) in [4.78, 5) is 31.1. The third kappa shape index (κ3) is 6.98. The number of amides is 3. The van der Waals surface area contributed by atoms with Crippen LogP contribution in [-0.4, -0.2) is 34.8 Å². The molecule has 0 spiro atoms. The average Bonchev–Trinajstić information content (AvgIpc) is 3.20. The highest BCUT2D eigenvalue weighted by Gasteiger charge is 2.22. The molecule has 1 aromatic heterocycles. The fraction of sp³-hybridized carbons (Fsp3) is 0.200. The van der Waals surface area contributed by atoms with Gasteiger partial charge in [-0.15, -0.1) is 17.9 Å². The zero-order valence-corrected chi connectivity index (χ0v) is 19.1. The van der Waals surface area contributed by atoms with Crippen molar-refractivity contribution in [3.05, 3.63) is 100 Å². The van der Waals surface area contributed by atoms with E-state index >= 15 is 0 Å². The lowest BCUT2D eigenvalue weighted by Gasteiger charge is -2.27. The van der Waals surface area contributed by atoms with E-state index in [9.17, 15) is 18.4 Å². The summed E-state index contributed by atoms with van der Waals surface area (Å²) in [6, 6.07) is 15.8. The van der Waals surface area contributed by atoms with E-state index in [0.717, 1.165) is 27.5 Å². The molecule has 0 bridgehead atoms. The van der Waals surface area contributed by atoms with Crippen molar-refractivity contribution in [2.75, 3.05) is 18.4 Å². The van der Waals surface area contributed by atoms with Crippen LogP contribution in [-0.2, 0) is 17.9 Å². The number of thiophene rings is 1. The molecule has 3 rings (SSSR count). The molecule has 3 aromatic rings. The van der Waals surface area contributed by atoms with E-state index in [4.69, 9.17) is 0 Å². The average molecular weight is 470 g/mol. The second-order valence-corrected chi connectivity index (χ2v) is 8.84. The number of anilines is 1. The van der Waals surface area contributed by atoms with Gasteiger partial charge in [-0.3, -0.25) is 4.79 Å². The van der Waals surface area contributed by atoms with Gasteiger partial charge in [-0.05, 0) is 36.8 Å². The topological polar surface area (TPSA) is 52.7 Å². The van der Waals surface area contributed by atoms with Crippen LogP contribution >= 0.6 is 11.3 Å². The zero-order valence-electron chi connectivity index (χ0n) is 18.3. The molecule has 0 aliphatic rings. The van der Waals surface area contributed by atoms with E-state index in [1.165, 1.54) is 11.0 Å². The van der Waals surface area contributed by atoms with Gasteiger partial charge in [-0.25, -0.2) is 13.6 Å². The van der Waals surface area contributed by atoms with Crippen LogP contribution in [0.4, 0.5) is 19.3 Å². The molecule has 0 unspecified atom stereocenters. The van der Waals surface area contributed by atoms with Crippen molar-refractivity contribution in [2.24, 2.45) is 0 Å². The second-order valence-electron chi connectivity index (χ2n) is 7.47. The zero-order chi connectivity index (χ0) is 23.8. The number of hydrogen-bond acceptors (Lipinski definition) is 3. The highest BCUT2D eigenvalue weighted by Crippen LogP contribution is 2.19. The van der Waals surface area contributed by atoms with Crippen molar-refractivity contribution >= 4 is 29.0 Å². The second kappa shape index (κ2) is 11.4. The lowest BCUT2D eigenvalue weighted by molar-refractivity contribution is -0.132. The van der Waals surface area contributed by atoms with Crippen molar-refractivity contribution in [2.45, 2.75) is 20.0 Å². The van der Waals surface area contributed by atoms with Crippen molar-refractivity contribution in [1.29, 1.82) is 0 Å². The maximum absolute atomic E-state index is 14.0. The number of carbonyl (C=O) groups is 2. The molecular weight excluding hydrogens is 444 g/mol. The maximum atomic E-state index is 14.0. The third-order valence-corrected chi connectivity index (χ3v) is 5.83. The van der Waals surface area contributed by atoms with E-state index in [1.807, 2.05) is 49.4 Å². The fourth-order valence-electron chi connectivity index (χ4n) is 3.22. The molecular formula is C25H25F2N3O2S. The van der Waals surface area contributed by atoms with Crippen LogP contribution in [0, 0.1) is 18.6 Å². The van der Waals surface area contributed by atoms with Gasteiger partial charge in [0.25, 0.3) is 0 Å². The summed E-state index contributed by atoms with van der Waals surface area (Å²) in [5.41, 5.74) is 0.797. The predicted molar refractivity (Wildman–Crippen MR) is 127 cm³/mol. The highest BCUT2D eigenvalue weighted by molar-refractivity contribution is 7.11. The number of urea groups is 1. The van der Waals surface area contributed by atoms with E-state index in [0.29, 0.717) is 19.2 Å². The standard InChI is InChI=1S/C25H25F2N3O2S/c1-3-13-29(25(32)28-23-12-10-20(26)14-22(23)27)17-24(31)30(15-19-7-5-4-6-8-19)16-21-11-9-18(2)33-21/h3-12,14H,1,13,15-17H2,2H3,(H,28,32). The summed E-state index contributed by atoms with van der Waals surface area (Å²) in [6.45, 7) is 6.29. The predicted octanol–water partition coefficient (Wildman–Crippen LogP) is 5.58. The fourth-order valence-corrected chi connectivity index (χ4v) is 4.12. The van der Waals surface area contributed by atoms with Gasteiger partial charge in [0.2, 0.25) is 5.91 Å². The van der Waals surface area contributed by atoms with Crippen molar-refractivity contribution in [1.82, 2.24) is 9.80 Å². The summed E-state index contributed by atoms with van der Waals surface area (Å²) in [5.74, 6) is -1.91. The Morgan fingerprint density at radius 3 is 2.42 bits per heavy atom. The van der Waals surface area contributed by atoms with Gasteiger partial charge in [-0.2, -0.15) is 0 Å². The van der Waals surface area contributed by atoms with Crippen LogP contribution in [0.15, 0.2) is 73.3 Å². The lowest BCUT2D eigenvalue weighted by atomic mass is 10.2. The largest absolute Gasteiger partial charge is 0.332 e. The number of rotatable bonds is 9. The first-order valence-corrected chi connectivity index (χ1v) is 11.2. The third-order valence-electron chi connectivity index (χ3n) is 4.85. The molecule has 0 atom stereocenters. The monoisotopic (exact) mass is 469 g/mol. The van der Waals surface area contributed by atoms with Crippen LogP contribution in [0.5, 0.6) is 0 Å². The number of aryl methyl sites for hydroxylation is 1. The Hall–Kier alpha value is -3.52. The SMILES string of the molecule is C=CCN(CC(=O)N(Cc1ccccc1)Cc1ccc(C)s1)C(=O)Nc1ccc(F)cc1F. The lowest BCUT2D eigenvalue weighted by Crippen LogP contribution is -2.44. The summed E-state index contributed by atoms with van der Waals surface area (Å²) in [6.07, 6.45) is 1.48. The Morgan fingerprint density at radius 2 is 1.79 bits per heavy atom. The highest BCUT2D eigenvalue weighted by atomic mass is 32.1. The van der Waals surface area contributed by atoms with Crippen LogP contribution in [0.2, 0.25) is 0 Å². The van der Waals surface area contributed by atoms with Crippen LogP contribution in [0.1, 0.15) is 15.3 Å². The molecule has 0 radical (unpaired) electrons. The van der Waals surface area contributed by atoms with Gasteiger partial charge in [0, 0.05) is 28.9 Å². The van der Waals surface area contributed by atoms with Crippen molar-refractivity contribution in [3.63, 3.8) is 0 Å². The van der Waals surface area contributed by atoms with Gasteiger partial charge >= 0.3 is 6.03 Å². The summed E-state index contributed by atoms with van der Waals surface area (Å²) in [7, 11) is 0. The van der Waals surface area contributed by atoms with E-state index < -0.39 is 17.7 Å². The van der Waals surface area contributed by atoms with Gasteiger partial charge in [0.05, 0.1) is 12.2 Å². The Labute approximate surface area is 196 Å². The molecule has 1 N–H and O–H groups in total. The molecule has 5 nitrogen and oxygen atoms in total. The minimum atomic E-state index is -0.896. The number of carbonyl (C=O) groups excluding carboxylic acids is 2. The van der Waals surface area contributed by atoms with Gasteiger partial charge in [0.15, 0.2) is 0 Å². The van der Waals surface area contributed by atoms with Crippen LogP contribution in [0.3, 0.4) is 0 Å². The maximum Gasteiger partial charge on any atom is 0.322 e. The molecule has 3 amide bonds. The first kappa shape index (κ1) is 24.1. The number of benzene rings is 2. The minimum Gasteiger partial charge on any atom is -0.332 e. The molecule has 2 aromatic carbocycles. The first-order valence-electron chi connectivity index (χ1n) is 10.3. The van der Waals surface area contributed by atoms with Crippen molar-refractivity contribution in [3.8, 4) is 0 Å². The molecule has 0 saturated heterocycles. The van der Waals surface area contributed by atoms with Gasteiger partial charge in [-0.1, -0.05) is 36.4 Å². The van der Waals surface area contributed by atoms with E-state index in [1.54, 1.807) is 16.2 Å². The molecule has 0 aliphatic heterocycles. The Bertz CT molecular complexity index is 1120. The molecule has 8 heteroatoms. The minimum absolute atomic E-state index is 0.0810. The van der Waals surface area contributed by atoms with Gasteiger partial charge < -0.3 is 15.1 Å².